The van der Waals surface area contributed by atoms with Gasteiger partial charge in [0.2, 0.25) is 5.91 Å². The van der Waals surface area contributed by atoms with Gasteiger partial charge in [-0.1, -0.05) is 38.0 Å². The van der Waals surface area contributed by atoms with Crippen LogP contribution in [0.1, 0.15) is 67.6 Å². The van der Waals surface area contributed by atoms with Gasteiger partial charge in [-0.3, -0.25) is 14.6 Å². The van der Waals surface area contributed by atoms with E-state index >= 15 is 0 Å². The van der Waals surface area contributed by atoms with Crippen molar-refractivity contribution in [2.45, 2.75) is 70.5 Å². The topological polar surface area (TPSA) is 53.5 Å². The molecule has 2 bridgehead atoms. The maximum absolute atomic E-state index is 14.1. The Hall–Kier alpha value is -2.76. The molecule has 3 heterocycles. The van der Waals surface area contributed by atoms with Crippen LogP contribution in [0.4, 0.5) is 4.39 Å². The molecule has 2 aliphatic heterocycles. The van der Waals surface area contributed by atoms with Crippen LogP contribution in [0.2, 0.25) is 0 Å². The van der Waals surface area contributed by atoms with Gasteiger partial charge in [0, 0.05) is 54.8 Å². The van der Waals surface area contributed by atoms with Crippen molar-refractivity contribution >= 4 is 11.8 Å². The van der Waals surface area contributed by atoms with E-state index < -0.39 is 0 Å². The van der Waals surface area contributed by atoms with Crippen LogP contribution in [0.15, 0.2) is 42.6 Å². The molecule has 3 aliphatic rings. The summed E-state index contributed by atoms with van der Waals surface area (Å²) in [5.41, 5.74) is 1.78. The largest absolute Gasteiger partial charge is 0.337 e. The first-order chi connectivity index (χ1) is 15.4. The van der Waals surface area contributed by atoms with E-state index in [0.717, 1.165) is 32.1 Å². The second-order valence-electron chi connectivity index (χ2n) is 9.87. The van der Waals surface area contributed by atoms with E-state index in [2.05, 4.69) is 16.8 Å². The Kier molecular flexibility index (Phi) is 5.26. The van der Waals surface area contributed by atoms with E-state index in [1.54, 1.807) is 37.4 Å². The standard InChI is InChI=1S/C26H30FN3O2/c1-17(31)29-16-21-15-26(2)23(29)9-5-6-10-24(26)30(21)25(32)19-11-12-28-20(14-19)13-18-7-3-4-8-22(18)27/h3-4,7-8,11-12,14,21,23-24H,5-6,9-10,13,15-16H2,1-2H3/t21-,23+,24-,26+/m0/s1. The SMILES string of the molecule is CC(=O)N1C[C@@H]2C[C@@]3(C)[C@H](CCCC[C@@H]13)N2C(=O)c1ccnc(Cc2ccccc2F)c1. The van der Waals surface area contributed by atoms with Crippen LogP contribution in [0, 0.1) is 11.2 Å². The lowest BCUT2D eigenvalue weighted by molar-refractivity contribution is -0.136. The summed E-state index contributed by atoms with van der Waals surface area (Å²) in [6, 6.07) is 10.6. The number of aromatic nitrogens is 1. The molecule has 0 N–H and O–H groups in total. The minimum absolute atomic E-state index is 0.00645. The normalized spacial score (nSPS) is 29.0. The molecule has 1 aromatic heterocycles. The molecule has 0 radical (unpaired) electrons. The van der Waals surface area contributed by atoms with Crippen LogP contribution in [0.25, 0.3) is 0 Å². The number of likely N-dealkylation sites (tertiary alicyclic amines) is 2. The van der Waals surface area contributed by atoms with Crippen LogP contribution in [-0.4, -0.2) is 51.3 Å². The van der Waals surface area contributed by atoms with Gasteiger partial charge in [0.1, 0.15) is 5.82 Å². The monoisotopic (exact) mass is 435 g/mol. The van der Waals surface area contributed by atoms with Crippen molar-refractivity contribution < 1.29 is 14.0 Å². The highest BCUT2D eigenvalue weighted by molar-refractivity contribution is 5.95. The van der Waals surface area contributed by atoms with Gasteiger partial charge in [-0.25, -0.2) is 4.39 Å². The highest BCUT2D eigenvalue weighted by atomic mass is 19.1. The molecule has 2 aromatic rings. The maximum atomic E-state index is 14.1. The number of carbonyl (C=O) groups excluding carboxylic acids is 2. The van der Waals surface area contributed by atoms with Crippen LogP contribution >= 0.6 is 0 Å². The number of nitrogens with zero attached hydrogens (tertiary/aromatic N) is 3. The minimum atomic E-state index is -0.263. The Morgan fingerprint density at radius 2 is 1.91 bits per heavy atom. The van der Waals surface area contributed by atoms with Gasteiger partial charge in [-0.15, -0.1) is 0 Å². The van der Waals surface area contributed by atoms with Crippen LogP contribution in [0.5, 0.6) is 0 Å². The van der Waals surface area contributed by atoms with Crippen molar-refractivity contribution in [2.75, 3.05) is 6.54 Å². The summed E-state index contributed by atoms with van der Waals surface area (Å²) in [6.07, 6.45) is 7.11. The second-order valence-corrected chi connectivity index (χ2v) is 9.87. The molecule has 1 saturated carbocycles. The molecule has 0 unspecified atom stereocenters. The quantitative estimate of drug-likeness (QED) is 0.726. The van der Waals surface area contributed by atoms with Gasteiger partial charge in [0.05, 0.1) is 6.04 Å². The molecule has 5 nitrogen and oxygen atoms in total. The second kappa shape index (κ2) is 7.98. The lowest BCUT2D eigenvalue weighted by Gasteiger charge is -2.46. The van der Waals surface area contributed by atoms with E-state index in [9.17, 15) is 14.0 Å². The summed E-state index contributed by atoms with van der Waals surface area (Å²) < 4.78 is 14.1. The number of piperidine rings is 1. The molecule has 32 heavy (non-hydrogen) atoms. The Morgan fingerprint density at radius 1 is 1.16 bits per heavy atom. The number of hydrogen-bond acceptors (Lipinski definition) is 3. The van der Waals surface area contributed by atoms with Crippen molar-refractivity contribution in [3.8, 4) is 0 Å². The lowest BCUT2D eigenvalue weighted by atomic mass is 9.71. The Bertz CT molecular complexity index is 1060. The molecule has 1 aromatic carbocycles. The van der Waals surface area contributed by atoms with Gasteiger partial charge < -0.3 is 9.80 Å². The first-order valence-corrected chi connectivity index (χ1v) is 11.7. The number of rotatable bonds is 3. The summed E-state index contributed by atoms with van der Waals surface area (Å²) in [5.74, 6) is -0.148. The first kappa shape index (κ1) is 21.1. The number of pyridine rings is 1. The molecule has 3 fully saturated rings. The molecule has 4 atom stereocenters. The van der Waals surface area contributed by atoms with Crippen molar-refractivity contribution in [3.05, 3.63) is 65.2 Å². The van der Waals surface area contributed by atoms with Crippen LogP contribution < -0.4 is 0 Å². The third-order valence-corrected chi connectivity index (χ3v) is 7.95. The predicted molar refractivity (Wildman–Crippen MR) is 120 cm³/mol. The number of fused-ring (bicyclic) bond motifs is 1. The van der Waals surface area contributed by atoms with E-state index in [-0.39, 0.29) is 41.2 Å². The Morgan fingerprint density at radius 3 is 2.66 bits per heavy atom. The number of amides is 2. The molecule has 0 spiro atoms. The summed E-state index contributed by atoms with van der Waals surface area (Å²) in [4.78, 5) is 34.7. The zero-order valence-corrected chi connectivity index (χ0v) is 18.8. The van der Waals surface area contributed by atoms with Gasteiger partial charge in [-0.05, 0) is 43.0 Å². The van der Waals surface area contributed by atoms with Crippen molar-refractivity contribution in [1.29, 1.82) is 0 Å². The molecular weight excluding hydrogens is 405 g/mol. The van der Waals surface area contributed by atoms with Crippen molar-refractivity contribution in [3.63, 3.8) is 0 Å². The molecule has 2 amide bonds. The van der Waals surface area contributed by atoms with Crippen molar-refractivity contribution in [2.24, 2.45) is 5.41 Å². The predicted octanol–water partition coefficient (Wildman–Crippen LogP) is 4.21. The van der Waals surface area contributed by atoms with Gasteiger partial charge in [0.15, 0.2) is 0 Å². The van der Waals surface area contributed by atoms with Gasteiger partial charge in [0.25, 0.3) is 5.91 Å². The highest BCUT2D eigenvalue weighted by Crippen LogP contribution is 2.53. The Balaban J connectivity index is 1.46. The minimum Gasteiger partial charge on any atom is -0.337 e. The third-order valence-electron chi connectivity index (χ3n) is 7.95. The number of benzene rings is 1. The fraction of sp³-hybridized carbons (Fsp3) is 0.500. The zero-order chi connectivity index (χ0) is 22.5. The number of halogens is 1. The lowest BCUT2D eigenvalue weighted by Crippen LogP contribution is -2.55. The van der Waals surface area contributed by atoms with Crippen LogP contribution in [0.3, 0.4) is 0 Å². The number of carbonyl (C=O) groups is 2. The van der Waals surface area contributed by atoms with Crippen LogP contribution in [-0.2, 0) is 11.2 Å². The average Bonchev–Trinajstić information content (AvgIpc) is 2.88. The van der Waals surface area contributed by atoms with Crippen molar-refractivity contribution in [1.82, 2.24) is 14.8 Å². The molecular formula is C26H30FN3O2. The maximum Gasteiger partial charge on any atom is 0.254 e. The fourth-order valence-electron chi connectivity index (χ4n) is 6.51. The summed E-state index contributed by atoms with van der Waals surface area (Å²) in [6.45, 7) is 4.54. The highest BCUT2D eigenvalue weighted by Gasteiger charge is 2.60. The summed E-state index contributed by atoms with van der Waals surface area (Å²) >= 11 is 0. The zero-order valence-electron chi connectivity index (χ0n) is 18.8. The summed E-state index contributed by atoms with van der Waals surface area (Å²) in [5, 5.41) is 0. The van der Waals surface area contributed by atoms with Gasteiger partial charge >= 0.3 is 0 Å². The molecule has 6 heteroatoms. The third kappa shape index (κ3) is 3.40. The first-order valence-electron chi connectivity index (χ1n) is 11.7. The molecule has 2 saturated heterocycles. The molecule has 168 valence electrons. The van der Waals surface area contributed by atoms with E-state index in [4.69, 9.17) is 0 Å². The van der Waals surface area contributed by atoms with E-state index in [1.165, 1.54) is 6.07 Å². The Labute approximate surface area is 188 Å². The van der Waals surface area contributed by atoms with E-state index in [0.29, 0.717) is 29.8 Å². The molecule has 5 rings (SSSR count). The van der Waals surface area contributed by atoms with E-state index in [1.807, 2.05) is 11.0 Å². The summed E-state index contributed by atoms with van der Waals surface area (Å²) in [7, 11) is 0. The average molecular weight is 436 g/mol. The van der Waals surface area contributed by atoms with Gasteiger partial charge in [-0.2, -0.15) is 0 Å². The smallest absolute Gasteiger partial charge is 0.254 e. The molecule has 1 aliphatic carbocycles. The number of hydrogen-bond donors (Lipinski definition) is 0. The fourth-order valence-corrected chi connectivity index (χ4v) is 6.51.